The van der Waals surface area contributed by atoms with Crippen molar-refractivity contribution in [2.45, 2.75) is 12.2 Å². The number of likely N-dealkylation sites (N-methyl/N-ethyl adjacent to an activating group) is 1. The molecule has 0 amide bonds. The van der Waals surface area contributed by atoms with Gasteiger partial charge in [0, 0.05) is 42.8 Å². The maximum atomic E-state index is 13.3. The van der Waals surface area contributed by atoms with Crippen LogP contribution in [-0.2, 0) is 10.9 Å². The molecule has 2 fully saturated rings. The number of anilines is 1. The van der Waals surface area contributed by atoms with Gasteiger partial charge in [-0.2, -0.15) is 13.2 Å². The summed E-state index contributed by atoms with van der Waals surface area (Å²) in [4.78, 5) is 8.53. The Balaban J connectivity index is 1.79. The molecule has 2 saturated heterocycles. The molecular formula is C18H20F3N3O. The smallest absolute Gasteiger partial charge is 0.379 e. The second-order valence-electron chi connectivity index (χ2n) is 6.93. The van der Waals surface area contributed by atoms with Crippen molar-refractivity contribution in [2.24, 2.45) is 5.92 Å². The number of para-hydroxylation sites is 1. The first-order valence-corrected chi connectivity index (χ1v) is 8.41. The molecule has 4 rings (SSSR count). The van der Waals surface area contributed by atoms with Gasteiger partial charge in [-0.15, -0.1) is 0 Å². The number of benzene rings is 1. The van der Waals surface area contributed by atoms with E-state index in [-0.39, 0.29) is 11.6 Å². The standard InChI is InChI=1S/C18H20F3N3O/c1-23-7-12-8-24(9-13(23)11-25-10-12)16-5-6-22-17-14(16)3-2-4-15(17)18(19,20)21/h2-6,12-13H,7-11H2,1H3/t12-,13+/m1/s1. The molecule has 0 N–H and O–H groups in total. The van der Waals surface area contributed by atoms with Gasteiger partial charge in [0.15, 0.2) is 0 Å². The molecule has 2 atom stereocenters. The predicted octanol–water partition coefficient (Wildman–Crippen LogP) is 3.02. The molecule has 1 aromatic heterocycles. The zero-order valence-electron chi connectivity index (χ0n) is 14.0. The van der Waals surface area contributed by atoms with Crippen molar-refractivity contribution in [3.8, 4) is 0 Å². The summed E-state index contributed by atoms with van der Waals surface area (Å²) in [6.07, 6.45) is -2.93. The van der Waals surface area contributed by atoms with Gasteiger partial charge < -0.3 is 9.64 Å². The van der Waals surface area contributed by atoms with E-state index in [2.05, 4.69) is 21.8 Å². The largest absolute Gasteiger partial charge is 0.418 e. The number of rotatable bonds is 1. The summed E-state index contributed by atoms with van der Waals surface area (Å²) in [6.45, 7) is 3.80. The van der Waals surface area contributed by atoms with Crippen molar-refractivity contribution < 1.29 is 17.9 Å². The van der Waals surface area contributed by atoms with E-state index >= 15 is 0 Å². The Hall–Kier alpha value is -1.86. The minimum atomic E-state index is -4.41. The van der Waals surface area contributed by atoms with E-state index in [1.807, 2.05) is 6.07 Å². The molecule has 0 saturated carbocycles. The molecule has 2 aliphatic heterocycles. The monoisotopic (exact) mass is 351 g/mol. The number of hydrogen-bond acceptors (Lipinski definition) is 4. The topological polar surface area (TPSA) is 28.6 Å². The molecular weight excluding hydrogens is 331 g/mol. The van der Waals surface area contributed by atoms with Gasteiger partial charge in [-0.05, 0) is 19.2 Å². The molecule has 2 aliphatic rings. The summed E-state index contributed by atoms with van der Waals surface area (Å²) < 4.78 is 45.7. The summed E-state index contributed by atoms with van der Waals surface area (Å²) in [5.74, 6) is 0.339. The molecule has 7 heteroatoms. The number of halogens is 3. The van der Waals surface area contributed by atoms with Crippen LogP contribution in [0.15, 0.2) is 30.5 Å². The van der Waals surface area contributed by atoms with Crippen LogP contribution in [0.3, 0.4) is 0 Å². The molecule has 25 heavy (non-hydrogen) atoms. The van der Waals surface area contributed by atoms with E-state index in [4.69, 9.17) is 4.74 Å². The summed E-state index contributed by atoms with van der Waals surface area (Å²) in [5, 5.41) is 0.556. The van der Waals surface area contributed by atoms with Crippen LogP contribution in [0.4, 0.5) is 18.9 Å². The normalized spacial score (nSPS) is 25.2. The van der Waals surface area contributed by atoms with Crippen molar-refractivity contribution in [1.82, 2.24) is 9.88 Å². The highest BCUT2D eigenvalue weighted by Gasteiger charge is 2.35. The Bertz CT molecular complexity index is 780. The molecule has 4 nitrogen and oxygen atoms in total. The number of fused-ring (bicyclic) bond motifs is 4. The molecule has 134 valence electrons. The van der Waals surface area contributed by atoms with Crippen LogP contribution in [0, 0.1) is 5.92 Å². The van der Waals surface area contributed by atoms with Gasteiger partial charge in [0.05, 0.1) is 30.3 Å². The number of ether oxygens (including phenoxy) is 1. The number of pyridine rings is 1. The van der Waals surface area contributed by atoms with Gasteiger partial charge in [0.2, 0.25) is 0 Å². The quantitative estimate of drug-likeness (QED) is 0.790. The van der Waals surface area contributed by atoms with Crippen LogP contribution < -0.4 is 4.90 Å². The second kappa shape index (κ2) is 6.14. The third-order valence-electron chi connectivity index (χ3n) is 5.14. The van der Waals surface area contributed by atoms with Crippen molar-refractivity contribution in [3.63, 3.8) is 0 Å². The molecule has 0 aliphatic carbocycles. The molecule has 2 bridgehead atoms. The Morgan fingerprint density at radius 1 is 1.12 bits per heavy atom. The van der Waals surface area contributed by atoms with Gasteiger partial charge in [-0.3, -0.25) is 9.88 Å². The van der Waals surface area contributed by atoms with Crippen molar-refractivity contribution >= 4 is 16.6 Å². The average molecular weight is 351 g/mol. The van der Waals surface area contributed by atoms with Gasteiger partial charge in [0.1, 0.15) is 0 Å². The van der Waals surface area contributed by atoms with Gasteiger partial charge in [-0.25, -0.2) is 0 Å². The molecule has 3 heterocycles. The fraction of sp³-hybridized carbons (Fsp3) is 0.500. The summed E-state index contributed by atoms with van der Waals surface area (Å²) in [6, 6.07) is 6.35. The van der Waals surface area contributed by atoms with Gasteiger partial charge in [0.25, 0.3) is 0 Å². The zero-order chi connectivity index (χ0) is 17.6. The minimum absolute atomic E-state index is 0.0199. The molecule has 0 unspecified atom stereocenters. The lowest BCUT2D eigenvalue weighted by Gasteiger charge is -2.32. The minimum Gasteiger partial charge on any atom is -0.379 e. The van der Waals surface area contributed by atoms with Crippen LogP contribution in [0.1, 0.15) is 5.56 Å². The van der Waals surface area contributed by atoms with Gasteiger partial charge >= 0.3 is 6.18 Å². The number of hydrogen-bond donors (Lipinski definition) is 0. The van der Waals surface area contributed by atoms with E-state index in [0.29, 0.717) is 24.5 Å². The Morgan fingerprint density at radius 2 is 1.96 bits per heavy atom. The van der Waals surface area contributed by atoms with E-state index < -0.39 is 11.7 Å². The average Bonchev–Trinajstić information content (AvgIpc) is 2.81. The van der Waals surface area contributed by atoms with E-state index in [0.717, 1.165) is 31.4 Å². The molecule has 1 aromatic carbocycles. The van der Waals surface area contributed by atoms with E-state index in [1.165, 1.54) is 12.3 Å². The highest BCUT2D eigenvalue weighted by molar-refractivity contribution is 5.93. The zero-order valence-corrected chi connectivity index (χ0v) is 14.0. The number of nitrogens with zero attached hydrogens (tertiary/aromatic N) is 3. The maximum Gasteiger partial charge on any atom is 0.418 e. The third kappa shape index (κ3) is 3.06. The van der Waals surface area contributed by atoms with E-state index in [1.54, 1.807) is 6.07 Å². The molecule has 0 radical (unpaired) electrons. The summed E-state index contributed by atoms with van der Waals surface area (Å²) in [7, 11) is 2.09. The fourth-order valence-corrected chi connectivity index (χ4v) is 3.91. The first-order chi connectivity index (χ1) is 11.9. The van der Waals surface area contributed by atoms with Crippen LogP contribution >= 0.6 is 0 Å². The fourth-order valence-electron chi connectivity index (χ4n) is 3.91. The first-order valence-electron chi connectivity index (χ1n) is 8.41. The molecule has 2 aromatic rings. The predicted molar refractivity (Wildman–Crippen MR) is 89.7 cm³/mol. The van der Waals surface area contributed by atoms with Crippen LogP contribution in [0.2, 0.25) is 0 Å². The number of alkyl halides is 3. The summed E-state index contributed by atoms with van der Waals surface area (Å²) in [5.41, 5.74) is 0.164. The van der Waals surface area contributed by atoms with Crippen molar-refractivity contribution in [3.05, 3.63) is 36.0 Å². The highest BCUT2D eigenvalue weighted by Crippen LogP contribution is 2.37. The SMILES string of the molecule is CN1C[C@H]2COC[C@@H]1CN(c1ccnc3c(C(F)(F)F)cccc13)C2. The third-order valence-corrected chi connectivity index (χ3v) is 5.14. The lowest BCUT2D eigenvalue weighted by molar-refractivity contribution is -0.136. The van der Waals surface area contributed by atoms with Crippen LogP contribution in [-0.4, -0.2) is 55.8 Å². The van der Waals surface area contributed by atoms with Crippen LogP contribution in [0.5, 0.6) is 0 Å². The Morgan fingerprint density at radius 3 is 2.76 bits per heavy atom. The summed E-state index contributed by atoms with van der Waals surface area (Å²) >= 11 is 0. The Kier molecular flexibility index (Phi) is 4.08. The lowest BCUT2D eigenvalue weighted by atomic mass is 10.1. The highest BCUT2D eigenvalue weighted by atomic mass is 19.4. The van der Waals surface area contributed by atoms with Crippen LogP contribution in [0.25, 0.3) is 10.9 Å². The van der Waals surface area contributed by atoms with Crippen molar-refractivity contribution in [2.75, 3.05) is 44.8 Å². The maximum absolute atomic E-state index is 13.3. The lowest BCUT2D eigenvalue weighted by Crippen LogP contribution is -2.42. The van der Waals surface area contributed by atoms with Gasteiger partial charge in [-0.1, -0.05) is 12.1 Å². The molecule has 0 spiro atoms. The van der Waals surface area contributed by atoms with E-state index in [9.17, 15) is 13.2 Å². The Labute approximate surface area is 144 Å². The number of aromatic nitrogens is 1. The first kappa shape index (κ1) is 16.6. The van der Waals surface area contributed by atoms with Crippen molar-refractivity contribution in [1.29, 1.82) is 0 Å². The second-order valence-corrected chi connectivity index (χ2v) is 6.93.